The fraction of sp³-hybridized carbons (Fsp3) is 0.400. The number of carboxylic acids is 1. The molecule has 1 heterocycles. The van der Waals surface area contributed by atoms with Gasteiger partial charge in [-0.3, -0.25) is 0 Å². The van der Waals surface area contributed by atoms with Gasteiger partial charge in [0.05, 0.1) is 6.54 Å². The van der Waals surface area contributed by atoms with Gasteiger partial charge in [-0.1, -0.05) is 63.1 Å². The first-order chi connectivity index (χ1) is 14.5. The van der Waals surface area contributed by atoms with Gasteiger partial charge in [0.2, 0.25) is 0 Å². The minimum Gasteiger partial charge on any atom is -0.477 e. The van der Waals surface area contributed by atoms with Crippen LogP contribution in [0.3, 0.4) is 0 Å². The Balaban J connectivity index is 1.73. The molecular weight excluding hydrogens is 379 g/mol. The van der Waals surface area contributed by atoms with Crippen LogP contribution in [-0.4, -0.2) is 21.7 Å². The molecule has 1 saturated carbocycles. The van der Waals surface area contributed by atoms with Gasteiger partial charge in [0.25, 0.3) is 0 Å². The maximum Gasteiger partial charge on any atom is 0.352 e. The summed E-state index contributed by atoms with van der Waals surface area (Å²) in [5.41, 5.74) is 2.32. The Kier molecular flexibility index (Phi) is 5.91. The van der Waals surface area contributed by atoms with Gasteiger partial charge in [-0.2, -0.15) is 0 Å². The van der Waals surface area contributed by atoms with Gasteiger partial charge < -0.3 is 15.0 Å². The number of fused-ring (bicyclic) bond motifs is 1. The lowest BCUT2D eigenvalue weighted by atomic mass is 9.78. The van der Waals surface area contributed by atoms with Crippen LogP contribution in [0.5, 0.6) is 0 Å². The van der Waals surface area contributed by atoms with Crippen molar-refractivity contribution in [2.45, 2.75) is 52.2 Å². The molecule has 1 aliphatic rings. The van der Waals surface area contributed by atoms with Gasteiger partial charge in [-0.05, 0) is 30.4 Å². The zero-order valence-electron chi connectivity index (χ0n) is 17.6. The number of hydrogen-bond acceptors (Lipinski definition) is 2. The highest BCUT2D eigenvalue weighted by Crippen LogP contribution is 2.32. The van der Waals surface area contributed by atoms with E-state index in [0.29, 0.717) is 30.0 Å². The fourth-order valence-electron chi connectivity index (χ4n) is 4.86. The topological polar surface area (TPSA) is 54.3 Å². The zero-order chi connectivity index (χ0) is 21.3. The molecule has 1 aromatic heterocycles. The molecule has 2 aromatic carbocycles. The third-order valence-corrected chi connectivity index (χ3v) is 6.81. The summed E-state index contributed by atoms with van der Waals surface area (Å²) in [6, 6.07) is 14.6. The predicted octanol–water partition coefficient (Wildman–Crippen LogP) is 5.44. The first-order valence-corrected chi connectivity index (χ1v) is 10.8. The molecule has 2 N–H and O–H groups in total. The number of carbonyl (C=O) groups is 1. The average molecular weight is 409 g/mol. The summed E-state index contributed by atoms with van der Waals surface area (Å²) in [6.07, 6.45) is 3.56. The quantitative estimate of drug-likeness (QED) is 0.571. The monoisotopic (exact) mass is 408 g/mol. The number of halogens is 1. The zero-order valence-corrected chi connectivity index (χ0v) is 17.6. The Bertz CT molecular complexity index is 1060. The summed E-state index contributed by atoms with van der Waals surface area (Å²) in [5.74, 6) is -0.0860. The largest absolute Gasteiger partial charge is 0.477 e. The van der Waals surface area contributed by atoms with E-state index in [1.165, 1.54) is 18.9 Å². The first-order valence-electron chi connectivity index (χ1n) is 10.8. The van der Waals surface area contributed by atoms with E-state index in [4.69, 9.17) is 0 Å². The molecule has 4 rings (SSSR count). The van der Waals surface area contributed by atoms with Crippen LogP contribution in [0.1, 0.15) is 54.7 Å². The van der Waals surface area contributed by atoms with Gasteiger partial charge in [-0.15, -0.1) is 0 Å². The normalized spacial score (nSPS) is 21.8. The number of nitrogens with zero attached hydrogens (tertiary/aromatic N) is 1. The lowest BCUT2D eigenvalue weighted by Crippen LogP contribution is -2.40. The lowest BCUT2D eigenvalue weighted by molar-refractivity contribution is 0.0684. The van der Waals surface area contributed by atoms with E-state index in [2.05, 4.69) is 19.2 Å². The summed E-state index contributed by atoms with van der Waals surface area (Å²) < 4.78 is 16.0. The minimum absolute atomic E-state index is 0.186. The van der Waals surface area contributed by atoms with Gasteiger partial charge in [0, 0.05) is 34.6 Å². The second-order valence-electron chi connectivity index (χ2n) is 8.58. The molecule has 1 fully saturated rings. The Morgan fingerprint density at radius 1 is 1.13 bits per heavy atom. The Labute approximate surface area is 176 Å². The standard InChI is InChI=1S/C25H29FN2O2/c1-16-8-7-12-22(17(16)2)27-14-20-19-10-4-6-13-23(19)28(24(20)25(29)30)15-18-9-3-5-11-21(18)26/h3-6,9-11,13,16-17,22,27H,7-8,12,14-15H2,1-2H3,(H,29,30)/t16-,17-,22+/m1/s1. The molecule has 1 aliphatic carbocycles. The summed E-state index contributed by atoms with van der Waals surface area (Å²) in [4.78, 5) is 12.3. The van der Waals surface area contributed by atoms with Crippen molar-refractivity contribution in [1.82, 2.24) is 9.88 Å². The molecule has 4 nitrogen and oxygen atoms in total. The molecule has 3 aromatic rings. The number of aromatic nitrogens is 1. The summed E-state index contributed by atoms with van der Waals surface area (Å²) >= 11 is 0. The number of benzene rings is 2. The van der Waals surface area contributed by atoms with Crippen LogP contribution >= 0.6 is 0 Å². The third-order valence-electron chi connectivity index (χ3n) is 6.81. The molecule has 0 amide bonds. The molecule has 0 unspecified atom stereocenters. The molecule has 158 valence electrons. The van der Waals surface area contributed by atoms with Gasteiger partial charge in [-0.25, -0.2) is 9.18 Å². The molecule has 0 bridgehead atoms. The maximum atomic E-state index is 14.3. The van der Waals surface area contributed by atoms with Gasteiger partial charge in [0.15, 0.2) is 0 Å². The number of rotatable bonds is 6. The Morgan fingerprint density at radius 2 is 1.87 bits per heavy atom. The van der Waals surface area contributed by atoms with Crippen LogP contribution in [0.2, 0.25) is 0 Å². The van der Waals surface area contributed by atoms with Gasteiger partial charge in [0.1, 0.15) is 11.5 Å². The van der Waals surface area contributed by atoms with Crippen LogP contribution in [0.4, 0.5) is 4.39 Å². The number of para-hydroxylation sites is 1. The van der Waals surface area contributed by atoms with Crippen molar-refractivity contribution in [3.63, 3.8) is 0 Å². The molecule has 0 spiro atoms. The van der Waals surface area contributed by atoms with Crippen molar-refractivity contribution in [2.75, 3.05) is 0 Å². The predicted molar refractivity (Wildman–Crippen MR) is 117 cm³/mol. The Hall–Kier alpha value is -2.66. The molecular formula is C25H29FN2O2. The van der Waals surface area contributed by atoms with E-state index in [1.54, 1.807) is 22.8 Å². The van der Waals surface area contributed by atoms with Crippen molar-refractivity contribution in [3.8, 4) is 0 Å². The number of nitrogens with one attached hydrogen (secondary N) is 1. The van der Waals surface area contributed by atoms with Crippen molar-refractivity contribution in [2.24, 2.45) is 11.8 Å². The Morgan fingerprint density at radius 3 is 2.63 bits per heavy atom. The molecule has 0 radical (unpaired) electrons. The number of aromatic carboxylic acids is 1. The highest BCUT2D eigenvalue weighted by atomic mass is 19.1. The van der Waals surface area contributed by atoms with E-state index in [1.807, 2.05) is 24.3 Å². The summed E-state index contributed by atoms with van der Waals surface area (Å²) in [6.45, 7) is 5.25. The fourth-order valence-corrected chi connectivity index (χ4v) is 4.86. The van der Waals surface area contributed by atoms with E-state index in [0.717, 1.165) is 22.9 Å². The first kappa shape index (κ1) is 20.6. The smallest absolute Gasteiger partial charge is 0.352 e. The third kappa shape index (κ3) is 3.86. The van der Waals surface area contributed by atoms with Crippen LogP contribution in [-0.2, 0) is 13.1 Å². The van der Waals surface area contributed by atoms with E-state index < -0.39 is 5.97 Å². The van der Waals surface area contributed by atoms with E-state index in [9.17, 15) is 14.3 Å². The molecule has 3 atom stereocenters. The highest BCUT2D eigenvalue weighted by molar-refractivity contribution is 5.98. The van der Waals surface area contributed by atoms with Crippen molar-refractivity contribution in [3.05, 3.63) is 71.2 Å². The van der Waals surface area contributed by atoms with Crippen LogP contribution in [0.15, 0.2) is 48.5 Å². The van der Waals surface area contributed by atoms with Crippen LogP contribution < -0.4 is 5.32 Å². The summed E-state index contributed by atoms with van der Waals surface area (Å²) in [5, 5.41) is 14.6. The van der Waals surface area contributed by atoms with Crippen molar-refractivity contribution in [1.29, 1.82) is 0 Å². The molecule has 0 saturated heterocycles. The maximum absolute atomic E-state index is 14.3. The van der Waals surface area contributed by atoms with Crippen LogP contribution in [0.25, 0.3) is 10.9 Å². The van der Waals surface area contributed by atoms with Gasteiger partial charge >= 0.3 is 5.97 Å². The second-order valence-corrected chi connectivity index (χ2v) is 8.58. The van der Waals surface area contributed by atoms with Crippen LogP contribution in [0, 0.1) is 17.7 Å². The second kappa shape index (κ2) is 8.60. The number of carboxylic acid groups (broad SMARTS) is 1. The van der Waals surface area contributed by atoms with Crippen molar-refractivity contribution >= 4 is 16.9 Å². The van der Waals surface area contributed by atoms with Crippen molar-refractivity contribution < 1.29 is 14.3 Å². The average Bonchev–Trinajstić information content (AvgIpc) is 3.04. The molecule has 30 heavy (non-hydrogen) atoms. The molecule has 5 heteroatoms. The van der Waals surface area contributed by atoms with E-state index in [-0.39, 0.29) is 18.1 Å². The summed E-state index contributed by atoms with van der Waals surface area (Å²) in [7, 11) is 0. The highest BCUT2D eigenvalue weighted by Gasteiger charge is 2.28. The number of hydrogen-bond donors (Lipinski definition) is 2. The minimum atomic E-state index is -0.982. The van der Waals surface area contributed by atoms with E-state index >= 15 is 0 Å². The lowest BCUT2D eigenvalue weighted by Gasteiger charge is -2.34. The SMILES string of the molecule is C[C@@H]1[C@H](C)CCC[C@@H]1NCc1c(C(=O)O)n(Cc2ccccc2F)c2ccccc12. The molecule has 0 aliphatic heterocycles.